The smallest absolute Gasteiger partial charge is 0.308 e. The molecule has 0 aromatic rings. The van der Waals surface area contributed by atoms with E-state index in [-0.39, 0.29) is 35.9 Å². The minimum Gasteiger partial charge on any atom is -0.469 e. The van der Waals surface area contributed by atoms with E-state index < -0.39 is 0 Å². The van der Waals surface area contributed by atoms with Crippen LogP contribution in [0.5, 0.6) is 0 Å². The standard InChI is InChI=1S/C16H30N4O2.HI/c1-4-19(14-5-6-14)12-9-18-16(17-2)20-10-7-13(8-11-20)15(21)22-3;/h13-14H,4-12H2,1-3H3,(H,17,18);1H. The van der Waals surface area contributed by atoms with E-state index in [1.165, 1.54) is 20.0 Å². The minimum atomic E-state index is -0.0781. The first-order chi connectivity index (χ1) is 10.7. The highest BCUT2D eigenvalue weighted by atomic mass is 127. The lowest BCUT2D eigenvalue weighted by molar-refractivity contribution is -0.146. The third kappa shape index (κ3) is 6.10. The molecule has 0 unspecified atom stereocenters. The lowest BCUT2D eigenvalue weighted by atomic mass is 9.97. The SMILES string of the molecule is CCN(CCNC(=NC)N1CCC(C(=O)OC)CC1)C1CC1.I. The maximum absolute atomic E-state index is 11.6. The number of likely N-dealkylation sites (N-methyl/N-ethyl adjacent to an activating group) is 1. The second-order valence-electron chi connectivity index (χ2n) is 6.12. The van der Waals surface area contributed by atoms with Crippen LogP contribution in [0.2, 0.25) is 0 Å². The van der Waals surface area contributed by atoms with Gasteiger partial charge in [-0.15, -0.1) is 24.0 Å². The van der Waals surface area contributed by atoms with Crippen molar-refractivity contribution in [2.45, 2.75) is 38.6 Å². The number of ether oxygens (including phenoxy) is 1. The number of methoxy groups -OCH3 is 1. The summed E-state index contributed by atoms with van der Waals surface area (Å²) in [7, 11) is 3.29. The normalized spacial score (nSPS) is 19.5. The number of hydrogen-bond donors (Lipinski definition) is 1. The number of guanidine groups is 1. The summed E-state index contributed by atoms with van der Waals surface area (Å²) in [5, 5.41) is 3.46. The number of hydrogen-bond acceptors (Lipinski definition) is 4. The van der Waals surface area contributed by atoms with Crippen LogP contribution in [0.15, 0.2) is 4.99 Å². The first-order valence-corrected chi connectivity index (χ1v) is 8.47. The monoisotopic (exact) mass is 438 g/mol. The van der Waals surface area contributed by atoms with Crippen LogP contribution in [-0.4, -0.2) is 74.7 Å². The van der Waals surface area contributed by atoms with Gasteiger partial charge in [-0.3, -0.25) is 14.7 Å². The predicted molar refractivity (Wildman–Crippen MR) is 103 cm³/mol. The molecule has 0 aromatic carbocycles. The lowest BCUT2D eigenvalue weighted by Crippen LogP contribution is -2.48. The van der Waals surface area contributed by atoms with Crippen LogP contribution in [-0.2, 0) is 9.53 Å². The van der Waals surface area contributed by atoms with Gasteiger partial charge in [0.15, 0.2) is 5.96 Å². The van der Waals surface area contributed by atoms with Crippen LogP contribution in [0.4, 0.5) is 0 Å². The van der Waals surface area contributed by atoms with Gasteiger partial charge in [0, 0.05) is 39.3 Å². The fraction of sp³-hybridized carbons (Fsp3) is 0.875. The summed E-state index contributed by atoms with van der Waals surface area (Å²) in [5.74, 6) is 0.922. The van der Waals surface area contributed by atoms with Gasteiger partial charge >= 0.3 is 5.97 Å². The van der Waals surface area contributed by atoms with Gasteiger partial charge < -0.3 is 15.0 Å². The van der Waals surface area contributed by atoms with Crippen molar-refractivity contribution < 1.29 is 9.53 Å². The molecule has 2 rings (SSSR count). The van der Waals surface area contributed by atoms with Crippen molar-refractivity contribution in [2.24, 2.45) is 10.9 Å². The molecule has 6 nitrogen and oxygen atoms in total. The fourth-order valence-electron chi connectivity index (χ4n) is 3.18. The molecule has 1 saturated carbocycles. The Morgan fingerprint density at radius 2 is 1.96 bits per heavy atom. The zero-order valence-corrected chi connectivity index (χ0v) is 16.9. The molecule has 0 aromatic heterocycles. The molecule has 0 spiro atoms. The van der Waals surface area contributed by atoms with Crippen LogP contribution < -0.4 is 5.32 Å². The van der Waals surface area contributed by atoms with Crippen molar-refractivity contribution in [2.75, 3.05) is 46.9 Å². The molecule has 1 saturated heterocycles. The van der Waals surface area contributed by atoms with Gasteiger partial charge in [-0.25, -0.2) is 0 Å². The highest BCUT2D eigenvalue weighted by molar-refractivity contribution is 14.0. The van der Waals surface area contributed by atoms with Gasteiger partial charge in [0.1, 0.15) is 0 Å². The third-order valence-electron chi connectivity index (χ3n) is 4.69. The van der Waals surface area contributed by atoms with Crippen molar-refractivity contribution in [3.8, 4) is 0 Å². The van der Waals surface area contributed by atoms with Crippen molar-refractivity contribution in [1.82, 2.24) is 15.1 Å². The molecule has 1 N–H and O–H groups in total. The van der Waals surface area contributed by atoms with Crippen LogP contribution in [0, 0.1) is 5.92 Å². The molecule has 2 fully saturated rings. The van der Waals surface area contributed by atoms with E-state index in [2.05, 4.69) is 27.0 Å². The van der Waals surface area contributed by atoms with Gasteiger partial charge in [0.25, 0.3) is 0 Å². The number of nitrogens with one attached hydrogen (secondary N) is 1. The van der Waals surface area contributed by atoms with E-state index in [1.807, 2.05) is 7.05 Å². The van der Waals surface area contributed by atoms with Gasteiger partial charge in [0.05, 0.1) is 13.0 Å². The molecular weight excluding hydrogens is 407 g/mol. The average Bonchev–Trinajstić information content (AvgIpc) is 3.39. The second kappa shape index (κ2) is 10.3. The molecule has 1 aliphatic carbocycles. The highest BCUT2D eigenvalue weighted by Crippen LogP contribution is 2.25. The van der Waals surface area contributed by atoms with E-state index in [0.29, 0.717) is 0 Å². The quantitative estimate of drug-likeness (QED) is 0.295. The topological polar surface area (TPSA) is 57.2 Å². The Balaban J connectivity index is 0.00000264. The molecule has 1 aliphatic heterocycles. The van der Waals surface area contributed by atoms with Crippen molar-refractivity contribution >= 4 is 35.9 Å². The van der Waals surface area contributed by atoms with E-state index in [4.69, 9.17) is 4.74 Å². The predicted octanol–water partition coefficient (Wildman–Crippen LogP) is 1.55. The summed E-state index contributed by atoms with van der Waals surface area (Å²) >= 11 is 0. The second-order valence-corrected chi connectivity index (χ2v) is 6.12. The van der Waals surface area contributed by atoms with E-state index in [9.17, 15) is 4.79 Å². The molecule has 134 valence electrons. The molecule has 1 heterocycles. The van der Waals surface area contributed by atoms with E-state index >= 15 is 0 Å². The van der Waals surface area contributed by atoms with Crippen molar-refractivity contribution in [1.29, 1.82) is 0 Å². The Morgan fingerprint density at radius 1 is 1.30 bits per heavy atom. The summed E-state index contributed by atoms with van der Waals surface area (Å²) in [6, 6.07) is 0.810. The Kier molecular flexibility index (Phi) is 9.19. The number of aliphatic imine (C=N–C) groups is 1. The number of carbonyl (C=O) groups excluding carboxylic acids is 1. The first-order valence-electron chi connectivity index (χ1n) is 8.47. The minimum absolute atomic E-state index is 0. The van der Waals surface area contributed by atoms with Gasteiger partial charge in [-0.2, -0.15) is 0 Å². The summed E-state index contributed by atoms with van der Waals surface area (Å²) in [4.78, 5) is 20.7. The highest BCUT2D eigenvalue weighted by Gasteiger charge is 2.28. The van der Waals surface area contributed by atoms with Gasteiger partial charge in [0.2, 0.25) is 0 Å². The number of esters is 1. The number of nitrogens with zero attached hydrogens (tertiary/aromatic N) is 3. The molecule has 0 bridgehead atoms. The van der Waals surface area contributed by atoms with Gasteiger partial charge in [-0.1, -0.05) is 6.92 Å². The largest absolute Gasteiger partial charge is 0.469 e. The number of carbonyl (C=O) groups is 1. The summed E-state index contributed by atoms with van der Waals surface area (Å²) in [5.41, 5.74) is 0. The number of halogens is 1. The molecule has 2 aliphatic rings. The van der Waals surface area contributed by atoms with Crippen LogP contribution in [0.1, 0.15) is 32.6 Å². The van der Waals surface area contributed by atoms with E-state index in [1.54, 1.807) is 0 Å². The molecule has 0 radical (unpaired) electrons. The molecular formula is C16H31IN4O2. The Labute approximate surface area is 157 Å². The zero-order chi connectivity index (χ0) is 15.9. The number of likely N-dealkylation sites (tertiary alicyclic amines) is 1. The summed E-state index contributed by atoms with van der Waals surface area (Å²) in [6.07, 6.45) is 4.39. The van der Waals surface area contributed by atoms with Crippen LogP contribution in [0.3, 0.4) is 0 Å². The number of piperidine rings is 1. The molecule has 7 heteroatoms. The Morgan fingerprint density at radius 3 is 2.43 bits per heavy atom. The van der Waals surface area contributed by atoms with Crippen LogP contribution in [0.25, 0.3) is 0 Å². The zero-order valence-electron chi connectivity index (χ0n) is 14.6. The number of rotatable bonds is 6. The molecule has 23 heavy (non-hydrogen) atoms. The average molecular weight is 438 g/mol. The maximum Gasteiger partial charge on any atom is 0.308 e. The van der Waals surface area contributed by atoms with Gasteiger partial charge in [-0.05, 0) is 32.2 Å². The van der Waals surface area contributed by atoms with Crippen molar-refractivity contribution in [3.63, 3.8) is 0 Å². The maximum atomic E-state index is 11.6. The summed E-state index contributed by atoms with van der Waals surface area (Å²) < 4.78 is 4.83. The summed E-state index contributed by atoms with van der Waals surface area (Å²) in [6.45, 7) is 7.06. The Bertz CT molecular complexity index is 394. The lowest BCUT2D eigenvalue weighted by Gasteiger charge is -2.33. The molecule has 0 amide bonds. The Hall–Kier alpha value is -0.570. The first kappa shape index (κ1) is 20.5. The fourth-order valence-corrected chi connectivity index (χ4v) is 3.18. The van der Waals surface area contributed by atoms with Crippen molar-refractivity contribution in [3.05, 3.63) is 0 Å². The molecule has 0 atom stereocenters. The van der Waals surface area contributed by atoms with Crippen LogP contribution >= 0.6 is 24.0 Å². The third-order valence-corrected chi connectivity index (χ3v) is 4.69. The van der Waals surface area contributed by atoms with E-state index in [0.717, 1.165) is 57.6 Å².